The molecule has 0 spiro atoms. The summed E-state index contributed by atoms with van der Waals surface area (Å²) < 4.78 is 23.0. The minimum atomic E-state index is -3.06. The molecular weight excluding hydrogens is 432 g/mol. The minimum Gasteiger partial charge on any atom is -0.351 e. The van der Waals surface area contributed by atoms with Crippen LogP contribution in [0, 0.1) is 0 Å². The van der Waals surface area contributed by atoms with E-state index < -0.39 is 9.84 Å². The van der Waals surface area contributed by atoms with E-state index in [4.69, 9.17) is 11.6 Å². The van der Waals surface area contributed by atoms with Gasteiger partial charge in [-0.2, -0.15) is 0 Å². The fourth-order valence-electron chi connectivity index (χ4n) is 3.35. The lowest BCUT2D eigenvalue weighted by molar-refractivity contribution is -0.134. The molecule has 1 aliphatic rings. The molecule has 2 amide bonds. The first-order chi connectivity index (χ1) is 13.8. The van der Waals surface area contributed by atoms with Crippen LogP contribution >= 0.6 is 23.4 Å². The third-order valence-electron chi connectivity index (χ3n) is 4.83. The molecule has 3 rings (SSSR count). The van der Waals surface area contributed by atoms with Gasteiger partial charge in [-0.1, -0.05) is 35.9 Å². The van der Waals surface area contributed by atoms with Gasteiger partial charge < -0.3 is 10.2 Å². The van der Waals surface area contributed by atoms with Gasteiger partial charge in [-0.3, -0.25) is 9.59 Å². The van der Waals surface area contributed by atoms with E-state index in [1.165, 1.54) is 16.7 Å². The molecule has 1 atom stereocenters. The highest BCUT2D eigenvalue weighted by molar-refractivity contribution is 8.00. The number of nitrogens with zero attached hydrogens (tertiary/aromatic N) is 1. The second-order valence-electron chi connectivity index (χ2n) is 6.96. The highest BCUT2D eigenvalue weighted by Crippen LogP contribution is 2.33. The summed E-state index contributed by atoms with van der Waals surface area (Å²) in [7, 11) is -3.06. The first-order valence-corrected chi connectivity index (χ1v) is 12.5. The van der Waals surface area contributed by atoms with Crippen molar-refractivity contribution in [1.82, 2.24) is 10.2 Å². The van der Waals surface area contributed by atoms with Crippen LogP contribution in [0.2, 0.25) is 5.02 Å². The van der Waals surface area contributed by atoms with Crippen LogP contribution in [0.4, 0.5) is 0 Å². The van der Waals surface area contributed by atoms with E-state index in [1.54, 1.807) is 0 Å². The Morgan fingerprint density at radius 1 is 1.24 bits per heavy atom. The molecular formula is C20H23ClN2O4S2. The van der Waals surface area contributed by atoms with Crippen molar-refractivity contribution in [2.45, 2.75) is 24.3 Å². The lowest BCUT2D eigenvalue weighted by Gasteiger charge is -2.21. The molecule has 1 saturated heterocycles. The Balaban J connectivity index is 1.58. The number of carbonyl (C=O) groups is 2. The lowest BCUT2D eigenvalue weighted by atomic mass is 10.1. The summed E-state index contributed by atoms with van der Waals surface area (Å²) >= 11 is 7.72. The van der Waals surface area contributed by atoms with E-state index in [0.29, 0.717) is 18.0 Å². The Bertz CT molecular complexity index is 1020. The van der Waals surface area contributed by atoms with Gasteiger partial charge in [0.15, 0.2) is 9.84 Å². The van der Waals surface area contributed by atoms with Gasteiger partial charge in [0.05, 0.1) is 23.8 Å². The van der Waals surface area contributed by atoms with Gasteiger partial charge in [-0.05, 0) is 30.9 Å². The summed E-state index contributed by atoms with van der Waals surface area (Å²) in [6.45, 7) is 2.12. The van der Waals surface area contributed by atoms with Gasteiger partial charge in [-0.15, -0.1) is 11.8 Å². The van der Waals surface area contributed by atoms with E-state index in [1.807, 2.05) is 43.3 Å². The second-order valence-corrected chi connectivity index (χ2v) is 10.6. The standard InChI is InChI=1S/C20H23ClN2O4S2/c1-2-23(11-18(24)22-15-9-10-29(26,27)13-15)19(25)12-28-17-8-4-6-14-5-3-7-16(21)20(14)17/h3-8,15H,2,9-13H2,1H3,(H,22,24). The van der Waals surface area contributed by atoms with Gasteiger partial charge in [0.1, 0.15) is 0 Å². The first kappa shape index (κ1) is 21.9. The Labute approximate surface area is 179 Å². The molecule has 1 unspecified atom stereocenters. The van der Waals surface area contributed by atoms with Crippen molar-refractivity contribution in [1.29, 1.82) is 0 Å². The Kier molecular flexibility index (Phi) is 7.08. The molecule has 29 heavy (non-hydrogen) atoms. The van der Waals surface area contributed by atoms with Crippen LogP contribution in [0.15, 0.2) is 41.3 Å². The van der Waals surface area contributed by atoms with Crippen LogP contribution < -0.4 is 5.32 Å². The average Bonchev–Trinajstić information content (AvgIpc) is 3.02. The summed E-state index contributed by atoms with van der Waals surface area (Å²) in [6.07, 6.45) is 0.422. The quantitative estimate of drug-likeness (QED) is 0.650. The molecule has 1 fully saturated rings. The minimum absolute atomic E-state index is 0.0312. The van der Waals surface area contributed by atoms with Gasteiger partial charge in [0.2, 0.25) is 11.8 Å². The number of halogens is 1. The smallest absolute Gasteiger partial charge is 0.239 e. The van der Waals surface area contributed by atoms with Crippen LogP contribution in [0.25, 0.3) is 10.8 Å². The number of likely N-dealkylation sites (N-methyl/N-ethyl adjacent to an activating group) is 1. The van der Waals surface area contributed by atoms with E-state index in [9.17, 15) is 18.0 Å². The van der Waals surface area contributed by atoms with Crippen LogP contribution in [0.3, 0.4) is 0 Å². The summed E-state index contributed by atoms with van der Waals surface area (Å²) in [5.74, 6) is -0.241. The number of amides is 2. The summed E-state index contributed by atoms with van der Waals surface area (Å²) in [6, 6.07) is 11.1. The van der Waals surface area contributed by atoms with Gasteiger partial charge in [0.25, 0.3) is 0 Å². The topological polar surface area (TPSA) is 83.6 Å². The van der Waals surface area contributed by atoms with Gasteiger partial charge in [-0.25, -0.2) is 8.42 Å². The van der Waals surface area contributed by atoms with Crippen LogP contribution in [0.5, 0.6) is 0 Å². The zero-order valence-corrected chi connectivity index (χ0v) is 18.4. The number of hydrogen-bond acceptors (Lipinski definition) is 5. The number of rotatable bonds is 7. The first-order valence-electron chi connectivity index (χ1n) is 9.36. The molecule has 6 nitrogen and oxygen atoms in total. The van der Waals surface area contributed by atoms with E-state index in [2.05, 4.69) is 5.32 Å². The maximum atomic E-state index is 12.6. The molecule has 0 aliphatic carbocycles. The second kappa shape index (κ2) is 9.36. The van der Waals surface area contributed by atoms with Crippen molar-refractivity contribution in [2.24, 2.45) is 0 Å². The molecule has 0 aromatic heterocycles. The van der Waals surface area contributed by atoms with Crippen molar-refractivity contribution in [3.05, 3.63) is 41.4 Å². The predicted octanol–water partition coefficient (Wildman–Crippen LogP) is 2.74. The highest BCUT2D eigenvalue weighted by Gasteiger charge is 2.29. The number of nitrogens with one attached hydrogen (secondary N) is 1. The Morgan fingerprint density at radius 3 is 2.62 bits per heavy atom. The zero-order valence-electron chi connectivity index (χ0n) is 16.1. The molecule has 156 valence electrons. The van der Waals surface area contributed by atoms with Crippen molar-refractivity contribution >= 4 is 55.8 Å². The third-order valence-corrected chi connectivity index (χ3v) is 7.96. The lowest BCUT2D eigenvalue weighted by Crippen LogP contribution is -2.45. The molecule has 2 aromatic carbocycles. The number of benzene rings is 2. The number of sulfone groups is 1. The van der Waals surface area contributed by atoms with E-state index in [-0.39, 0.29) is 41.7 Å². The van der Waals surface area contributed by atoms with Crippen molar-refractivity contribution in [3.63, 3.8) is 0 Å². The predicted molar refractivity (Wildman–Crippen MR) is 117 cm³/mol. The Morgan fingerprint density at radius 2 is 1.97 bits per heavy atom. The maximum Gasteiger partial charge on any atom is 0.239 e. The third kappa shape index (κ3) is 5.65. The molecule has 9 heteroatoms. The SMILES string of the molecule is CCN(CC(=O)NC1CCS(=O)(=O)C1)C(=O)CSc1cccc2cccc(Cl)c12. The summed E-state index contributed by atoms with van der Waals surface area (Å²) in [5.41, 5.74) is 0. The molecule has 0 saturated carbocycles. The van der Waals surface area contributed by atoms with Crippen LogP contribution in [-0.2, 0) is 19.4 Å². The van der Waals surface area contributed by atoms with Crippen LogP contribution in [0.1, 0.15) is 13.3 Å². The van der Waals surface area contributed by atoms with E-state index in [0.717, 1.165) is 15.7 Å². The van der Waals surface area contributed by atoms with Crippen molar-refractivity contribution in [3.8, 4) is 0 Å². The highest BCUT2D eigenvalue weighted by atomic mass is 35.5. The average molecular weight is 455 g/mol. The molecule has 1 aliphatic heterocycles. The number of hydrogen-bond donors (Lipinski definition) is 1. The van der Waals surface area contributed by atoms with Crippen molar-refractivity contribution in [2.75, 3.05) is 30.3 Å². The fourth-order valence-corrected chi connectivity index (χ4v) is 6.37. The summed E-state index contributed by atoms with van der Waals surface area (Å²) in [5, 5.41) is 5.28. The molecule has 2 aromatic rings. The normalized spacial score (nSPS) is 17.9. The molecule has 0 bridgehead atoms. The summed E-state index contributed by atoms with van der Waals surface area (Å²) in [4.78, 5) is 27.3. The van der Waals surface area contributed by atoms with E-state index >= 15 is 0 Å². The van der Waals surface area contributed by atoms with Gasteiger partial charge in [0, 0.05) is 27.9 Å². The number of thioether (sulfide) groups is 1. The monoisotopic (exact) mass is 454 g/mol. The fraction of sp³-hybridized carbons (Fsp3) is 0.400. The van der Waals surface area contributed by atoms with Crippen molar-refractivity contribution < 1.29 is 18.0 Å². The molecule has 1 heterocycles. The maximum absolute atomic E-state index is 12.6. The van der Waals surface area contributed by atoms with Gasteiger partial charge >= 0.3 is 0 Å². The Hall–Kier alpha value is -1.77. The zero-order chi connectivity index (χ0) is 21.0. The molecule has 0 radical (unpaired) electrons. The number of carbonyl (C=O) groups excluding carboxylic acids is 2. The largest absolute Gasteiger partial charge is 0.351 e. The van der Waals surface area contributed by atoms with Crippen LogP contribution in [-0.4, -0.2) is 61.5 Å². The number of fused-ring (bicyclic) bond motifs is 1. The molecule has 1 N–H and O–H groups in total.